The van der Waals surface area contributed by atoms with Crippen LogP contribution in [-0.4, -0.2) is 52.9 Å². The highest BCUT2D eigenvalue weighted by molar-refractivity contribution is 6.06. The minimum Gasteiger partial charge on any atom is -0.506 e. The summed E-state index contributed by atoms with van der Waals surface area (Å²) in [6.07, 6.45) is 3.60. The Morgan fingerprint density at radius 3 is 2.96 bits per heavy atom. The number of phenols is 1. The molecule has 0 aliphatic carbocycles. The van der Waals surface area contributed by atoms with Crippen LogP contribution in [0.1, 0.15) is 22.5 Å². The van der Waals surface area contributed by atoms with Gasteiger partial charge in [-0.2, -0.15) is 5.10 Å². The third-order valence-corrected chi connectivity index (χ3v) is 4.08. The van der Waals surface area contributed by atoms with Gasteiger partial charge >= 0.3 is 0 Å². The van der Waals surface area contributed by atoms with E-state index in [0.29, 0.717) is 17.9 Å². The molecule has 1 N–H and O–H groups in total. The van der Waals surface area contributed by atoms with Gasteiger partial charge in [0.1, 0.15) is 5.75 Å². The van der Waals surface area contributed by atoms with Gasteiger partial charge in [0.05, 0.1) is 12.2 Å². The first-order valence-electron chi connectivity index (χ1n) is 7.87. The molecule has 1 amide bonds. The smallest absolute Gasteiger partial charge is 0.278 e. The van der Waals surface area contributed by atoms with E-state index in [1.165, 1.54) is 0 Å². The molecule has 1 aromatic heterocycles. The summed E-state index contributed by atoms with van der Waals surface area (Å²) < 4.78 is 1.78. The van der Waals surface area contributed by atoms with E-state index in [1.807, 2.05) is 32.4 Å². The van der Waals surface area contributed by atoms with Crippen LogP contribution in [0.4, 0.5) is 5.69 Å². The molecule has 0 saturated carbocycles. The Kier molecular flexibility index (Phi) is 4.34. The van der Waals surface area contributed by atoms with Crippen molar-refractivity contribution in [2.24, 2.45) is 0 Å². The molecular weight excluding hydrogens is 292 g/mol. The summed E-state index contributed by atoms with van der Waals surface area (Å²) in [4.78, 5) is 16.5. The van der Waals surface area contributed by atoms with Crippen LogP contribution in [0.25, 0.3) is 0 Å². The molecule has 0 spiro atoms. The maximum atomic E-state index is 12.8. The van der Waals surface area contributed by atoms with Crippen molar-refractivity contribution in [1.29, 1.82) is 0 Å². The molecule has 0 unspecified atom stereocenters. The molecule has 0 saturated heterocycles. The van der Waals surface area contributed by atoms with Crippen molar-refractivity contribution in [3.8, 4) is 5.75 Å². The maximum Gasteiger partial charge on any atom is 0.278 e. The quantitative estimate of drug-likeness (QED) is 0.934. The lowest BCUT2D eigenvalue weighted by Crippen LogP contribution is -2.35. The molecule has 1 aromatic carbocycles. The zero-order valence-electron chi connectivity index (χ0n) is 13.6. The van der Waals surface area contributed by atoms with Gasteiger partial charge in [-0.3, -0.25) is 9.48 Å². The first-order valence-corrected chi connectivity index (χ1v) is 7.87. The van der Waals surface area contributed by atoms with Crippen LogP contribution in [0.15, 0.2) is 30.5 Å². The number of hydrogen-bond acceptors (Lipinski definition) is 4. The molecule has 0 bridgehead atoms. The number of carbonyl (C=O) groups is 1. The zero-order chi connectivity index (χ0) is 16.4. The summed E-state index contributed by atoms with van der Waals surface area (Å²) in [5, 5.41) is 14.5. The summed E-state index contributed by atoms with van der Waals surface area (Å²) >= 11 is 0. The van der Waals surface area contributed by atoms with Crippen LogP contribution in [0.2, 0.25) is 0 Å². The first kappa shape index (κ1) is 15.6. The Bertz CT molecular complexity index is 708. The van der Waals surface area contributed by atoms with Crippen molar-refractivity contribution in [3.63, 3.8) is 0 Å². The summed E-state index contributed by atoms with van der Waals surface area (Å²) in [6, 6.07) is 7.15. The fourth-order valence-corrected chi connectivity index (χ4v) is 2.87. The summed E-state index contributed by atoms with van der Waals surface area (Å²) in [5.41, 5.74) is 2.06. The van der Waals surface area contributed by atoms with E-state index in [0.717, 1.165) is 31.5 Å². The second-order valence-electron chi connectivity index (χ2n) is 6.11. The number of likely N-dealkylation sites (N-methyl/N-ethyl adjacent to an activating group) is 1. The molecule has 1 aliphatic heterocycles. The van der Waals surface area contributed by atoms with E-state index in [4.69, 9.17) is 0 Å². The van der Waals surface area contributed by atoms with Crippen molar-refractivity contribution in [2.45, 2.75) is 19.4 Å². The van der Waals surface area contributed by atoms with Crippen molar-refractivity contribution in [2.75, 3.05) is 32.1 Å². The Labute approximate surface area is 135 Å². The fourth-order valence-electron chi connectivity index (χ4n) is 2.87. The molecule has 122 valence electrons. The topological polar surface area (TPSA) is 61.6 Å². The van der Waals surface area contributed by atoms with Crippen LogP contribution < -0.4 is 4.90 Å². The predicted molar refractivity (Wildman–Crippen MR) is 88.9 cm³/mol. The minimum absolute atomic E-state index is 0.155. The summed E-state index contributed by atoms with van der Waals surface area (Å²) in [6.45, 7) is 2.21. The highest BCUT2D eigenvalue weighted by atomic mass is 16.3. The number of nitrogens with zero attached hydrogens (tertiary/aromatic N) is 4. The summed E-state index contributed by atoms with van der Waals surface area (Å²) in [5.74, 6) is -0.00126. The van der Waals surface area contributed by atoms with E-state index < -0.39 is 0 Å². The number of benzene rings is 1. The van der Waals surface area contributed by atoms with E-state index in [9.17, 15) is 9.90 Å². The predicted octanol–water partition coefficient (Wildman–Crippen LogP) is 1.74. The van der Waals surface area contributed by atoms with Gasteiger partial charge in [-0.15, -0.1) is 0 Å². The van der Waals surface area contributed by atoms with Crippen LogP contribution in [-0.2, 0) is 13.0 Å². The number of fused-ring (bicyclic) bond motifs is 1. The number of aromatic hydroxyl groups is 1. The van der Waals surface area contributed by atoms with Crippen LogP contribution in [0.5, 0.6) is 5.75 Å². The molecule has 1 aliphatic rings. The molecule has 3 rings (SSSR count). The maximum absolute atomic E-state index is 12.8. The third-order valence-electron chi connectivity index (χ3n) is 4.08. The Morgan fingerprint density at radius 2 is 2.17 bits per heavy atom. The third kappa shape index (κ3) is 3.22. The van der Waals surface area contributed by atoms with Crippen LogP contribution >= 0.6 is 0 Å². The Hall–Kier alpha value is -2.34. The standard InChI is InChI=1S/C17H22N4O2/c1-19(2)11-12-20-10-8-14(18-20)17(23)21-9-4-6-13-5-3-7-15(22)16(13)21/h3,5,7-8,10,22H,4,6,9,11-12H2,1-2H3. The number of para-hydroxylation sites is 1. The lowest BCUT2D eigenvalue weighted by Gasteiger charge is -2.29. The molecule has 0 fully saturated rings. The average molecular weight is 314 g/mol. The minimum atomic E-state index is -0.156. The molecule has 6 heteroatoms. The lowest BCUT2D eigenvalue weighted by molar-refractivity contribution is 0.0978. The van der Waals surface area contributed by atoms with Gasteiger partial charge in [0.15, 0.2) is 5.69 Å². The number of carbonyl (C=O) groups excluding carboxylic acids is 1. The Morgan fingerprint density at radius 1 is 1.35 bits per heavy atom. The van der Waals surface area contributed by atoms with E-state index >= 15 is 0 Å². The van der Waals surface area contributed by atoms with Gasteiger partial charge in [-0.1, -0.05) is 12.1 Å². The number of anilines is 1. The van der Waals surface area contributed by atoms with E-state index in [1.54, 1.807) is 21.7 Å². The van der Waals surface area contributed by atoms with Crippen LogP contribution in [0, 0.1) is 0 Å². The molecule has 23 heavy (non-hydrogen) atoms. The molecule has 0 radical (unpaired) electrons. The number of aryl methyl sites for hydroxylation is 1. The fraction of sp³-hybridized carbons (Fsp3) is 0.412. The van der Waals surface area contributed by atoms with Gasteiger partial charge in [-0.25, -0.2) is 0 Å². The first-order chi connectivity index (χ1) is 11.1. The largest absolute Gasteiger partial charge is 0.506 e. The van der Waals surface area contributed by atoms with Crippen LogP contribution in [0.3, 0.4) is 0 Å². The number of phenolic OH excluding ortho intramolecular Hbond substituents is 1. The van der Waals surface area contributed by atoms with Crippen molar-refractivity contribution in [3.05, 3.63) is 41.7 Å². The van der Waals surface area contributed by atoms with E-state index in [-0.39, 0.29) is 11.7 Å². The second kappa shape index (κ2) is 6.42. The Balaban J connectivity index is 1.82. The average Bonchev–Trinajstić information content (AvgIpc) is 3.01. The SMILES string of the molecule is CN(C)CCn1ccc(C(=O)N2CCCc3cccc(O)c32)n1. The number of rotatable bonds is 4. The van der Waals surface area contributed by atoms with Gasteiger partial charge in [0.25, 0.3) is 5.91 Å². The lowest BCUT2D eigenvalue weighted by atomic mass is 10.0. The van der Waals surface area contributed by atoms with Gasteiger partial charge in [0, 0.05) is 19.3 Å². The molecular formula is C17H22N4O2. The highest BCUT2D eigenvalue weighted by Crippen LogP contribution is 2.35. The molecule has 0 atom stereocenters. The number of aromatic nitrogens is 2. The number of amides is 1. The summed E-state index contributed by atoms with van der Waals surface area (Å²) in [7, 11) is 4.01. The van der Waals surface area contributed by atoms with Crippen molar-refractivity contribution < 1.29 is 9.90 Å². The van der Waals surface area contributed by atoms with Crippen molar-refractivity contribution >= 4 is 11.6 Å². The van der Waals surface area contributed by atoms with Gasteiger partial charge < -0.3 is 14.9 Å². The number of hydrogen-bond donors (Lipinski definition) is 1. The highest BCUT2D eigenvalue weighted by Gasteiger charge is 2.27. The molecule has 6 nitrogen and oxygen atoms in total. The van der Waals surface area contributed by atoms with Crippen molar-refractivity contribution in [1.82, 2.24) is 14.7 Å². The van der Waals surface area contributed by atoms with Gasteiger partial charge in [-0.05, 0) is 44.6 Å². The second-order valence-corrected chi connectivity index (χ2v) is 6.11. The zero-order valence-corrected chi connectivity index (χ0v) is 13.6. The molecule has 2 aromatic rings. The van der Waals surface area contributed by atoms with Gasteiger partial charge in [0.2, 0.25) is 0 Å². The molecule has 2 heterocycles. The van der Waals surface area contributed by atoms with E-state index in [2.05, 4.69) is 10.00 Å². The monoisotopic (exact) mass is 314 g/mol. The normalized spacial score (nSPS) is 14.1.